The first-order valence-corrected chi connectivity index (χ1v) is 9.66. The molecule has 0 heterocycles. The summed E-state index contributed by atoms with van der Waals surface area (Å²) in [5.74, 6) is 0. The molecule has 0 fully saturated rings. The van der Waals surface area contributed by atoms with Crippen molar-refractivity contribution in [3.63, 3.8) is 0 Å². The third-order valence-electron chi connectivity index (χ3n) is 5.50. The number of hydrogen-bond donors (Lipinski definition) is 0. The van der Waals surface area contributed by atoms with Crippen LogP contribution in [0.15, 0.2) is 97.1 Å². The van der Waals surface area contributed by atoms with E-state index in [-0.39, 0.29) is 0 Å². The molecule has 2 heteroatoms. The van der Waals surface area contributed by atoms with Crippen LogP contribution in [0.2, 0.25) is 0 Å². The Bertz CT molecular complexity index is 1260. The molecular formula is C26H17OP. The van der Waals surface area contributed by atoms with Gasteiger partial charge in [0.25, 0.3) is 0 Å². The van der Waals surface area contributed by atoms with Crippen molar-refractivity contribution in [3.05, 3.63) is 97.1 Å². The van der Waals surface area contributed by atoms with Crippen molar-refractivity contribution in [1.82, 2.24) is 0 Å². The van der Waals surface area contributed by atoms with Gasteiger partial charge in [-0.1, -0.05) is 91.0 Å². The summed E-state index contributed by atoms with van der Waals surface area (Å²) in [4.78, 5) is 0. The minimum Gasteiger partial charge on any atom is -0.279 e. The highest BCUT2D eigenvalue weighted by molar-refractivity contribution is 7.00. The van der Waals surface area contributed by atoms with E-state index in [0.29, 0.717) is 0 Å². The Morgan fingerprint density at radius 1 is 0.429 bits per heavy atom. The molecule has 0 N–H and O–H groups in total. The van der Waals surface area contributed by atoms with Crippen LogP contribution in [0.25, 0.3) is 54.2 Å². The average Bonchev–Trinajstić information content (AvgIpc) is 3.38. The van der Waals surface area contributed by atoms with Crippen molar-refractivity contribution in [2.45, 2.75) is 0 Å². The standard InChI is InChI=1S/C20H12.C6H4.HOP/c1-5-13-6-2-11-17-18-12-4-8-14-7-3-10-16(20(14)18)15(9-1)19(13)17;1-2-5-4-6(5)3-1;1-2/h1-12H;1-4H;2H. The van der Waals surface area contributed by atoms with Crippen LogP contribution >= 0.6 is 9.12 Å². The monoisotopic (exact) mass is 376 g/mol. The van der Waals surface area contributed by atoms with Gasteiger partial charge < -0.3 is 0 Å². The van der Waals surface area contributed by atoms with Gasteiger partial charge in [-0.25, -0.2) is 0 Å². The molecule has 5 aromatic carbocycles. The van der Waals surface area contributed by atoms with E-state index in [1.165, 1.54) is 54.2 Å². The van der Waals surface area contributed by atoms with Gasteiger partial charge in [-0.15, -0.1) is 0 Å². The van der Waals surface area contributed by atoms with E-state index in [9.17, 15) is 0 Å². The van der Waals surface area contributed by atoms with Crippen LogP contribution in [0, 0.1) is 0 Å². The Labute approximate surface area is 165 Å². The molecule has 0 amide bonds. The first-order chi connectivity index (χ1) is 13.9. The summed E-state index contributed by atoms with van der Waals surface area (Å²) in [6, 6.07) is 34.9. The quantitative estimate of drug-likeness (QED) is 0.149. The fourth-order valence-corrected chi connectivity index (χ4v) is 4.26. The molecule has 2 aliphatic rings. The van der Waals surface area contributed by atoms with Crippen molar-refractivity contribution in [2.75, 3.05) is 0 Å². The highest BCUT2D eigenvalue weighted by atomic mass is 31.0. The second kappa shape index (κ2) is 6.71. The lowest BCUT2D eigenvalue weighted by Crippen LogP contribution is -1.85. The summed E-state index contributed by atoms with van der Waals surface area (Å²) in [7, 11) is 1.72. The van der Waals surface area contributed by atoms with E-state index in [0.717, 1.165) is 0 Å². The fourth-order valence-electron chi connectivity index (χ4n) is 4.26. The van der Waals surface area contributed by atoms with Crippen molar-refractivity contribution >= 4 is 52.2 Å². The molecule has 0 unspecified atom stereocenters. The highest BCUT2D eigenvalue weighted by Crippen LogP contribution is 2.39. The van der Waals surface area contributed by atoms with E-state index in [4.69, 9.17) is 4.57 Å². The molecule has 28 heavy (non-hydrogen) atoms. The molecule has 7 rings (SSSR count). The molecule has 5 aromatic rings. The number of rotatable bonds is 0. The Kier molecular flexibility index (Phi) is 4.04. The maximum absolute atomic E-state index is 8.06. The van der Waals surface area contributed by atoms with Crippen molar-refractivity contribution in [1.29, 1.82) is 0 Å². The summed E-state index contributed by atoms with van der Waals surface area (Å²) >= 11 is 0. The lowest BCUT2D eigenvalue weighted by atomic mass is 9.90. The third kappa shape index (κ3) is 2.56. The van der Waals surface area contributed by atoms with Gasteiger partial charge in [0.05, 0.1) is 0 Å². The normalized spacial score (nSPS) is 11.1. The molecule has 132 valence electrons. The summed E-state index contributed by atoms with van der Waals surface area (Å²) in [5, 5.41) is 10.9. The lowest BCUT2D eigenvalue weighted by Gasteiger charge is -2.13. The zero-order chi connectivity index (χ0) is 19.1. The predicted octanol–water partition coefficient (Wildman–Crippen LogP) is 7.88. The molecule has 2 aliphatic carbocycles. The van der Waals surface area contributed by atoms with Gasteiger partial charge in [-0.3, -0.25) is 4.57 Å². The maximum atomic E-state index is 8.06. The van der Waals surface area contributed by atoms with Crippen LogP contribution in [-0.2, 0) is 4.57 Å². The predicted molar refractivity (Wildman–Crippen MR) is 122 cm³/mol. The summed E-state index contributed by atoms with van der Waals surface area (Å²) in [5.41, 5.74) is 2.85. The van der Waals surface area contributed by atoms with E-state index in [1.807, 2.05) is 0 Å². The van der Waals surface area contributed by atoms with Gasteiger partial charge in [-0.2, -0.15) is 0 Å². The largest absolute Gasteiger partial charge is 0.279 e. The molecule has 0 radical (unpaired) electrons. The first-order valence-electron chi connectivity index (χ1n) is 9.25. The second-order valence-corrected chi connectivity index (χ2v) is 7.00. The molecule has 0 bridgehead atoms. The number of hydrogen-bond acceptors (Lipinski definition) is 1. The summed E-state index contributed by atoms with van der Waals surface area (Å²) in [6.45, 7) is 0. The maximum Gasteiger partial charge on any atom is 0.138 e. The zero-order valence-electron chi connectivity index (χ0n) is 15.1. The molecule has 1 nitrogen and oxygen atoms in total. The van der Waals surface area contributed by atoms with Crippen LogP contribution in [-0.4, -0.2) is 0 Å². The van der Waals surface area contributed by atoms with Gasteiger partial charge in [-0.05, 0) is 60.3 Å². The first kappa shape index (κ1) is 16.9. The van der Waals surface area contributed by atoms with Gasteiger partial charge in [0.1, 0.15) is 9.12 Å². The molecule has 0 spiro atoms. The van der Waals surface area contributed by atoms with E-state index in [1.54, 1.807) is 9.12 Å². The van der Waals surface area contributed by atoms with E-state index >= 15 is 0 Å². The zero-order valence-corrected chi connectivity index (χ0v) is 16.1. The van der Waals surface area contributed by atoms with Crippen LogP contribution in [0.1, 0.15) is 0 Å². The average molecular weight is 376 g/mol. The Morgan fingerprint density at radius 3 is 1.00 bits per heavy atom. The van der Waals surface area contributed by atoms with Gasteiger partial charge in [0.15, 0.2) is 0 Å². The van der Waals surface area contributed by atoms with Gasteiger partial charge in [0.2, 0.25) is 0 Å². The van der Waals surface area contributed by atoms with Crippen molar-refractivity contribution in [3.8, 4) is 11.1 Å². The van der Waals surface area contributed by atoms with E-state index < -0.39 is 0 Å². The molecular weight excluding hydrogens is 359 g/mol. The van der Waals surface area contributed by atoms with Crippen LogP contribution in [0.3, 0.4) is 0 Å². The van der Waals surface area contributed by atoms with Gasteiger partial charge >= 0.3 is 0 Å². The summed E-state index contributed by atoms with van der Waals surface area (Å²) < 4.78 is 8.06. The van der Waals surface area contributed by atoms with Crippen LogP contribution < -0.4 is 0 Å². The molecule has 0 aliphatic heterocycles. The molecule has 0 saturated heterocycles. The van der Waals surface area contributed by atoms with Crippen LogP contribution in [0.5, 0.6) is 0 Å². The molecule has 0 atom stereocenters. The fraction of sp³-hybridized carbons (Fsp3) is 0. The minimum atomic E-state index is 1.33. The topological polar surface area (TPSA) is 17.1 Å². The highest BCUT2D eigenvalue weighted by Gasteiger charge is 2.11. The number of benzene rings is 6. The Hall–Kier alpha value is -3.28. The Morgan fingerprint density at radius 2 is 0.750 bits per heavy atom. The van der Waals surface area contributed by atoms with Crippen molar-refractivity contribution in [2.24, 2.45) is 0 Å². The molecule has 0 saturated carbocycles. The van der Waals surface area contributed by atoms with E-state index in [2.05, 4.69) is 97.1 Å². The SMILES string of the molecule is O=P.c1cc2cc-2c1.c1cc2cccc3c4cccc5cccc(c(c1)c23)c54. The second-order valence-electron chi connectivity index (χ2n) is 7.00. The summed E-state index contributed by atoms with van der Waals surface area (Å²) in [6.07, 6.45) is 0. The third-order valence-corrected chi connectivity index (χ3v) is 5.50. The van der Waals surface area contributed by atoms with Crippen LogP contribution in [0.4, 0.5) is 0 Å². The minimum absolute atomic E-state index is 1.33. The van der Waals surface area contributed by atoms with Gasteiger partial charge in [0, 0.05) is 0 Å². The Balaban J connectivity index is 0.000000179. The molecule has 0 aromatic heterocycles. The smallest absolute Gasteiger partial charge is 0.138 e. The number of fused-ring (bicyclic) bond motifs is 3. The lowest BCUT2D eigenvalue weighted by molar-refractivity contribution is 0.607. The van der Waals surface area contributed by atoms with Crippen molar-refractivity contribution < 1.29 is 4.57 Å².